The highest BCUT2D eigenvalue weighted by atomic mass is 32.2. The summed E-state index contributed by atoms with van der Waals surface area (Å²) >= 11 is 0. The number of halogens is 1. The minimum Gasteiger partial charge on any atom is -0.485 e. The number of methoxy groups -OCH3 is 1. The summed E-state index contributed by atoms with van der Waals surface area (Å²) in [4.78, 5) is 19.7. The van der Waals surface area contributed by atoms with Gasteiger partial charge in [0.05, 0.1) is 30.6 Å². The predicted octanol–water partition coefficient (Wildman–Crippen LogP) is 3.88. The van der Waals surface area contributed by atoms with Crippen molar-refractivity contribution in [2.24, 2.45) is 0 Å². The molecule has 1 aliphatic carbocycles. The highest BCUT2D eigenvalue weighted by Gasteiger charge is 2.31. The molecule has 184 valence electrons. The van der Waals surface area contributed by atoms with Crippen LogP contribution in [0, 0.1) is 0 Å². The summed E-state index contributed by atoms with van der Waals surface area (Å²) in [7, 11) is -2.82. The fraction of sp³-hybridized carbons (Fsp3) is 0.320. The van der Waals surface area contributed by atoms with Crippen LogP contribution >= 0.6 is 0 Å². The molecule has 0 N–H and O–H groups in total. The SMILES string of the molecule is COC(=O)c1ccc(COc2cc3c(cc2N(C[C@@H](C)F)S(=O)(=O)c2cccnc2)CCC3)nc1. The van der Waals surface area contributed by atoms with Crippen LogP contribution in [0.2, 0.25) is 0 Å². The van der Waals surface area contributed by atoms with Crippen LogP contribution in [-0.4, -0.2) is 44.2 Å². The number of anilines is 1. The van der Waals surface area contributed by atoms with Gasteiger partial charge < -0.3 is 9.47 Å². The number of carbonyl (C=O) groups is 1. The minimum absolute atomic E-state index is 0.0270. The monoisotopic (exact) mass is 499 g/mol. The Balaban J connectivity index is 1.71. The van der Waals surface area contributed by atoms with E-state index in [0.29, 0.717) is 17.0 Å². The number of rotatable bonds is 9. The number of fused-ring (bicyclic) bond motifs is 1. The van der Waals surface area contributed by atoms with Gasteiger partial charge in [0, 0.05) is 18.6 Å². The Morgan fingerprint density at radius 1 is 1.17 bits per heavy atom. The maximum atomic E-state index is 14.3. The number of esters is 1. The second-order valence-corrected chi connectivity index (χ2v) is 10.1. The first-order valence-electron chi connectivity index (χ1n) is 11.2. The lowest BCUT2D eigenvalue weighted by Crippen LogP contribution is -2.36. The molecule has 2 heterocycles. The molecule has 1 aromatic carbocycles. The second-order valence-electron chi connectivity index (χ2n) is 8.27. The first kappa shape index (κ1) is 24.6. The van der Waals surface area contributed by atoms with Crippen LogP contribution in [0.3, 0.4) is 0 Å². The molecular weight excluding hydrogens is 473 g/mol. The van der Waals surface area contributed by atoms with Gasteiger partial charge in [-0.05, 0) is 73.7 Å². The van der Waals surface area contributed by atoms with Gasteiger partial charge in [0.1, 0.15) is 23.4 Å². The van der Waals surface area contributed by atoms with E-state index in [2.05, 4.69) is 14.7 Å². The third-order valence-electron chi connectivity index (χ3n) is 5.70. The molecule has 0 saturated heterocycles. The lowest BCUT2D eigenvalue weighted by Gasteiger charge is -2.27. The molecular formula is C25H26FN3O5S. The summed E-state index contributed by atoms with van der Waals surface area (Å²) in [6.45, 7) is 0.962. The van der Waals surface area contributed by atoms with Crippen LogP contribution in [0.25, 0.3) is 0 Å². The molecule has 0 fully saturated rings. The summed E-state index contributed by atoms with van der Waals surface area (Å²) in [5.41, 5.74) is 3.20. The summed E-state index contributed by atoms with van der Waals surface area (Å²) < 4.78 is 53.1. The molecule has 10 heteroatoms. The number of benzene rings is 1. The fourth-order valence-corrected chi connectivity index (χ4v) is 5.48. The summed E-state index contributed by atoms with van der Waals surface area (Å²) in [5, 5.41) is 0. The van der Waals surface area contributed by atoms with E-state index in [4.69, 9.17) is 4.74 Å². The molecule has 0 unspecified atom stereocenters. The molecule has 0 bridgehead atoms. The average molecular weight is 500 g/mol. The topological polar surface area (TPSA) is 98.7 Å². The van der Waals surface area contributed by atoms with Crippen LogP contribution in [-0.2, 0) is 34.2 Å². The molecule has 0 saturated carbocycles. The Morgan fingerprint density at radius 3 is 2.57 bits per heavy atom. The fourth-order valence-electron chi connectivity index (χ4n) is 3.98. The maximum Gasteiger partial charge on any atom is 0.339 e. The molecule has 1 aliphatic rings. The molecule has 2 aromatic heterocycles. The van der Waals surface area contributed by atoms with E-state index >= 15 is 0 Å². The Bertz CT molecular complexity index is 1300. The van der Waals surface area contributed by atoms with E-state index in [-0.39, 0.29) is 23.7 Å². The minimum atomic E-state index is -4.11. The zero-order chi connectivity index (χ0) is 25.0. The van der Waals surface area contributed by atoms with E-state index in [9.17, 15) is 17.6 Å². The van der Waals surface area contributed by atoms with Gasteiger partial charge in [-0.1, -0.05) is 0 Å². The zero-order valence-corrected chi connectivity index (χ0v) is 20.3. The van der Waals surface area contributed by atoms with Gasteiger partial charge in [-0.25, -0.2) is 17.6 Å². The van der Waals surface area contributed by atoms with Crippen molar-refractivity contribution in [1.29, 1.82) is 0 Å². The van der Waals surface area contributed by atoms with E-state index in [1.54, 1.807) is 18.2 Å². The van der Waals surface area contributed by atoms with Crippen LogP contribution < -0.4 is 9.04 Å². The lowest BCUT2D eigenvalue weighted by atomic mass is 10.1. The van der Waals surface area contributed by atoms with Gasteiger partial charge in [-0.3, -0.25) is 14.3 Å². The van der Waals surface area contributed by atoms with E-state index in [1.165, 1.54) is 44.8 Å². The van der Waals surface area contributed by atoms with Crippen LogP contribution in [0.15, 0.2) is 59.9 Å². The van der Waals surface area contributed by atoms with Crippen molar-refractivity contribution in [3.8, 4) is 5.75 Å². The van der Waals surface area contributed by atoms with Crippen molar-refractivity contribution in [3.63, 3.8) is 0 Å². The molecule has 1 atom stereocenters. The smallest absolute Gasteiger partial charge is 0.339 e. The summed E-state index contributed by atoms with van der Waals surface area (Å²) in [5.74, 6) is -0.180. The van der Waals surface area contributed by atoms with Gasteiger partial charge in [0.25, 0.3) is 10.0 Å². The third kappa shape index (κ3) is 5.43. The Labute approximate surface area is 203 Å². The average Bonchev–Trinajstić information content (AvgIpc) is 3.33. The maximum absolute atomic E-state index is 14.3. The quantitative estimate of drug-likeness (QED) is 0.412. The number of ether oxygens (including phenoxy) is 2. The summed E-state index contributed by atoms with van der Waals surface area (Å²) in [6, 6.07) is 9.77. The molecule has 4 rings (SSSR count). The van der Waals surface area contributed by atoms with E-state index in [0.717, 1.165) is 34.7 Å². The normalized spacial score (nSPS) is 13.7. The highest BCUT2D eigenvalue weighted by molar-refractivity contribution is 7.92. The number of nitrogens with zero attached hydrogens (tertiary/aromatic N) is 3. The van der Waals surface area contributed by atoms with Crippen molar-refractivity contribution < 1.29 is 27.1 Å². The van der Waals surface area contributed by atoms with Crippen molar-refractivity contribution >= 4 is 21.7 Å². The van der Waals surface area contributed by atoms with E-state index < -0.39 is 22.2 Å². The number of hydrogen-bond donors (Lipinski definition) is 0. The van der Waals surface area contributed by atoms with Gasteiger partial charge in [-0.15, -0.1) is 0 Å². The zero-order valence-electron chi connectivity index (χ0n) is 19.5. The van der Waals surface area contributed by atoms with Gasteiger partial charge >= 0.3 is 5.97 Å². The number of aromatic nitrogens is 2. The number of aryl methyl sites for hydroxylation is 2. The molecule has 0 amide bonds. The Kier molecular flexibility index (Phi) is 7.30. The highest BCUT2D eigenvalue weighted by Crippen LogP contribution is 2.38. The van der Waals surface area contributed by atoms with Crippen molar-refractivity contribution in [2.45, 2.75) is 43.9 Å². The van der Waals surface area contributed by atoms with Crippen LogP contribution in [0.1, 0.15) is 40.5 Å². The standard InChI is InChI=1S/C25H26FN3O5S/c1-17(26)15-29(35(31,32)22-7-4-10-27-14-22)23-11-18-5-3-6-19(18)12-24(23)34-16-21-9-8-20(13-28-21)25(30)33-2/h4,7-14,17H,3,5-6,15-16H2,1-2H3/t17-/m1/s1. The van der Waals surface area contributed by atoms with Gasteiger partial charge in [0.2, 0.25) is 0 Å². The number of alkyl halides is 1. The Hall–Kier alpha value is -3.53. The summed E-state index contributed by atoms with van der Waals surface area (Å²) in [6.07, 6.45) is 5.30. The molecule has 0 spiro atoms. The second kappa shape index (κ2) is 10.4. The van der Waals surface area contributed by atoms with Crippen molar-refractivity contribution in [1.82, 2.24) is 9.97 Å². The predicted molar refractivity (Wildman–Crippen MR) is 128 cm³/mol. The van der Waals surface area contributed by atoms with Crippen molar-refractivity contribution in [2.75, 3.05) is 18.0 Å². The largest absolute Gasteiger partial charge is 0.485 e. The first-order valence-corrected chi connectivity index (χ1v) is 12.6. The van der Waals surface area contributed by atoms with Gasteiger partial charge in [-0.2, -0.15) is 0 Å². The molecule has 0 radical (unpaired) electrons. The molecule has 3 aromatic rings. The number of carbonyl (C=O) groups excluding carboxylic acids is 1. The van der Waals surface area contributed by atoms with Crippen molar-refractivity contribution in [3.05, 3.63) is 77.4 Å². The van der Waals surface area contributed by atoms with Crippen LogP contribution in [0.5, 0.6) is 5.75 Å². The molecule has 35 heavy (non-hydrogen) atoms. The number of hydrogen-bond acceptors (Lipinski definition) is 7. The number of sulfonamides is 1. The van der Waals surface area contributed by atoms with Gasteiger partial charge in [0.15, 0.2) is 0 Å². The lowest BCUT2D eigenvalue weighted by molar-refractivity contribution is 0.0600. The van der Waals surface area contributed by atoms with E-state index in [1.807, 2.05) is 6.07 Å². The molecule has 8 nitrogen and oxygen atoms in total. The number of pyridine rings is 2. The van der Waals surface area contributed by atoms with Crippen LogP contribution in [0.4, 0.5) is 10.1 Å². The molecule has 0 aliphatic heterocycles. The first-order chi connectivity index (χ1) is 16.8. The Morgan fingerprint density at radius 2 is 1.94 bits per heavy atom. The third-order valence-corrected chi connectivity index (χ3v) is 7.47.